The third-order valence-corrected chi connectivity index (χ3v) is 4.36. The van der Waals surface area contributed by atoms with Crippen LogP contribution in [0.3, 0.4) is 0 Å². The molecule has 0 fully saturated rings. The fourth-order valence-electron chi connectivity index (χ4n) is 1.84. The van der Waals surface area contributed by atoms with Crippen LogP contribution in [0.5, 0.6) is 0 Å². The molecule has 0 aliphatic heterocycles. The van der Waals surface area contributed by atoms with Gasteiger partial charge in [-0.2, -0.15) is 11.8 Å². The molecule has 0 aromatic carbocycles. The topological polar surface area (TPSA) is 20.3 Å². The fourth-order valence-corrected chi connectivity index (χ4v) is 2.42. The van der Waals surface area contributed by atoms with Gasteiger partial charge in [0.15, 0.2) is 0 Å². The van der Waals surface area contributed by atoms with Crippen LogP contribution in [0.15, 0.2) is 0 Å². The summed E-state index contributed by atoms with van der Waals surface area (Å²) in [6.07, 6.45) is 6.37. The molecule has 0 aliphatic carbocycles. The van der Waals surface area contributed by atoms with Gasteiger partial charge >= 0.3 is 0 Å². The summed E-state index contributed by atoms with van der Waals surface area (Å²) < 4.78 is 0. The summed E-state index contributed by atoms with van der Waals surface area (Å²) in [7, 11) is 2.13. The predicted octanol–water partition coefficient (Wildman–Crippen LogP) is 3.07. The van der Waals surface area contributed by atoms with E-state index in [0.717, 1.165) is 25.7 Å². The Labute approximate surface area is 105 Å². The van der Waals surface area contributed by atoms with Crippen molar-refractivity contribution in [3.8, 4) is 0 Å². The second kappa shape index (κ2) is 8.13. The Bertz CT molecular complexity index is 192. The zero-order valence-corrected chi connectivity index (χ0v) is 12.3. The molecule has 0 saturated heterocycles. The molecule has 0 spiro atoms. The molecule has 0 saturated carbocycles. The van der Waals surface area contributed by atoms with Crippen LogP contribution in [0.4, 0.5) is 0 Å². The van der Waals surface area contributed by atoms with Crippen LogP contribution < -0.4 is 0 Å². The van der Waals surface area contributed by atoms with Gasteiger partial charge in [-0.25, -0.2) is 0 Å². The number of nitrogens with zero attached hydrogens (tertiary/aromatic N) is 1. The van der Waals surface area contributed by atoms with Crippen molar-refractivity contribution in [1.82, 2.24) is 4.90 Å². The summed E-state index contributed by atoms with van der Waals surface area (Å²) >= 11 is 1.89. The van der Waals surface area contributed by atoms with Gasteiger partial charge in [-0.05, 0) is 45.2 Å². The molecule has 0 aromatic rings. The minimum Gasteiger partial charge on any atom is -0.303 e. The summed E-state index contributed by atoms with van der Waals surface area (Å²) in [5.41, 5.74) is -0.137. The lowest BCUT2D eigenvalue weighted by molar-refractivity contribution is -0.117. The second-order valence-corrected chi connectivity index (χ2v) is 5.72. The molecule has 3 heteroatoms. The van der Waals surface area contributed by atoms with Gasteiger partial charge < -0.3 is 9.69 Å². The van der Waals surface area contributed by atoms with Crippen LogP contribution in [0.2, 0.25) is 0 Å². The van der Waals surface area contributed by atoms with Crippen molar-refractivity contribution < 1.29 is 4.79 Å². The number of carbonyl (C=O) groups excluding carboxylic acids is 1. The Morgan fingerprint density at radius 3 is 2.31 bits per heavy atom. The summed E-state index contributed by atoms with van der Waals surface area (Å²) in [4.78, 5) is 13.6. The van der Waals surface area contributed by atoms with E-state index in [2.05, 4.69) is 39.0 Å². The number of rotatable bonds is 9. The molecule has 0 heterocycles. The maximum absolute atomic E-state index is 11.2. The summed E-state index contributed by atoms with van der Waals surface area (Å²) in [5, 5.41) is 0. The largest absolute Gasteiger partial charge is 0.303 e. The molecule has 0 radical (unpaired) electrons. The molecule has 0 aliphatic rings. The molecule has 1 unspecified atom stereocenters. The van der Waals surface area contributed by atoms with Gasteiger partial charge in [0.25, 0.3) is 0 Å². The minimum absolute atomic E-state index is 0.137. The normalized spacial score (nSPS) is 14.1. The molecule has 16 heavy (non-hydrogen) atoms. The van der Waals surface area contributed by atoms with E-state index in [9.17, 15) is 4.79 Å². The van der Waals surface area contributed by atoms with Crippen molar-refractivity contribution in [3.63, 3.8) is 0 Å². The molecule has 1 atom stereocenters. The van der Waals surface area contributed by atoms with Crippen molar-refractivity contribution >= 4 is 18.0 Å². The van der Waals surface area contributed by atoms with E-state index < -0.39 is 0 Å². The number of hydrogen-bond acceptors (Lipinski definition) is 3. The molecule has 0 amide bonds. The Morgan fingerprint density at radius 2 is 1.94 bits per heavy atom. The SMILES string of the molecule is CCC(C=O)(CC)CN(C)C(C)CCSC. The van der Waals surface area contributed by atoms with E-state index in [0.29, 0.717) is 6.04 Å². The average molecular weight is 245 g/mol. The van der Waals surface area contributed by atoms with Crippen molar-refractivity contribution in [2.75, 3.05) is 25.6 Å². The monoisotopic (exact) mass is 245 g/mol. The van der Waals surface area contributed by atoms with Crippen LogP contribution in [0.1, 0.15) is 40.0 Å². The van der Waals surface area contributed by atoms with E-state index in [-0.39, 0.29) is 5.41 Å². The fraction of sp³-hybridized carbons (Fsp3) is 0.923. The summed E-state index contributed by atoms with van der Waals surface area (Å²) in [6.45, 7) is 7.35. The summed E-state index contributed by atoms with van der Waals surface area (Å²) in [5.74, 6) is 1.19. The van der Waals surface area contributed by atoms with Gasteiger partial charge in [0.2, 0.25) is 0 Å². The summed E-state index contributed by atoms with van der Waals surface area (Å²) in [6, 6.07) is 0.560. The predicted molar refractivity (Wildman–Crippen MR) is 74.2 cm³/mol. The van der Waals surface area contributed by atoms with Gasteiger partial charge in [0.1, 0.15) is 6.29 Å². The molecular formula is C13H27NOS. The lowest BCUT2D eigenvalue weighted by atomic mass is 9.83. The first-order valence-electron chi connectivity index (χ1n) is 6.20. The van der Waals surface area contributed by atoms with Crippen LogP contribution in [0.25, 0.3) is 0 Å². The van der Waals surface area contributed by atoms with E-state index in [1.54, 1.807) is 0 Å². The minimum atomic E-state index is -0.137. The van der Waals surface area contributed by atoms with Crippen LogP contribution in [-0.2, 0) is 4.79 Å². The van der Waals surface area contributed by atoms with E-state index in [1.165, 1.54) is 12.2 Å². The number of thioether (sulfide) groups is 1. The standard InChI is InChI=1S/C13H27NOS/c1-6-13(7-2,11-15)10-14(4)12(3)8-9-16-5/h11-12H,6-10H2,1-5H3. The molecule has 0 rings (SSSR count). The first-order chi connectivity index (χ1) is 7.55. The molecule has 0 bridgehead atoms. The molecule has 96 valence electrons. The molecule has 0 N–H and O–H groups in total. The second-order valence-electron chi connectivity index (χ2n) is 4.73. The van der Waals surface area contributed by atoms with Gasteiger partial charge in [-0.1, -0.05) is 13.8 Å². The Kier molecular flexibility index (Phi) is 8.12. The Morgan fingerprint density at radius 1 is 1.38 bits per heavy atom. The smallest absolute Gasteiger partial charge is 0.127 e. The number of carbonyl (C=O) groups is 1. The average Bonchev–Trinajstić information content (AvgIpc) is 2.32. The molecule has 2 nitrogen and oxygen atoms in total. The highest BCUT2D eigenvalue weighted by Crippen LogP contribution is 2.25. The number of aldehydes is 1. The van der Waals surface area contributed by atoms with E-state index >= 15 is 0 Å². The van der Waals surface area contributed by atoms with Crippen molar-refractivity contribution in [2.45, 2.75) is 46.1 Å². The first-order valence-corrected chi connectivity index (χ1v) is 7.60. The quantitative estimate of drug-likeness (QED) is 0.582. The third-order valence-electron chi connectivity index (χ3n) is 3.71. The molecule has 0 aromatic heterocycles. The zero-order valence-electron chi connectivity index (χ0n) is 11.5. The van der Waals surface area contributed by atoms with Gasteiger partial charge in [0, 0.05) is 18.0 Å². The van der Waals surface area contributed by atoms with Crippen LogP contribution in [0, 0.1) is 5.41 Å². The van der Waals surface area contributed by atoms with Crippen molar-refractivity contribution in [2.24, 2.45) is 5.41 Å². The van der Waals surface area contributed by atoms with E-state index in [4.69, 9.17) is 0 Å². The Hall–Kier alpha value is -0.0200. The molecular weight excluding hydrogens is 218 g/mol. The van der Waals surface area contributed by atoms with Gasteiger partial charge in [-0.3, -0.25) is 0 Å². The maximum Gasteiger partial charge on any atom is 0.127 e. The van der Waals surface area contributed by atoms with Crippen LogP contribution in [-0.4, -0.2) is 42.8 Å². The van der Waals surface area contributed by atoms with E-state index in [1.807, 2.05) is 11.8 Å². The Balaban J connectivity index is 4.27. The van der Waals surface area contributed by atoms with Gasteiger partial charge in [0.05, 0.1) is 0 Å². The zero-order chi connectivity index (χ0) is 12.6. The highest BCUT2D eigenvalue weighted by Gasteiger charge is 2.28. The van der Waals surface area contributed by atoms with Crippen molar-refractivity contribution in [3.05, 3.63) is 0 Å². The lowest BCUT2D eigenvalue weighted by Crippen LogP contribution is -2.40. The first kappa shape index (κ1) is 16.0. The van der Waals surface area contributed by atoms with Crippen molar-refractivity contribution in [1.29, 1.82) is 0 Å². The third kappa shape index (κ3) is 4.88. The highest BCUT2D eigenvalue weighted by molar-refractivity contribution is 7.98. The highest BCUT2D eigenvalue weighted by atomic mass is 32.2. The van der Waals surface area contributed by atoms with Gasteiger partial charge in [-0.15, -0.1) is 0 Å². The number of hydrogen-bond donors (Lipinski definition) is 0. The van der Waals surface area contributed by atoms with Crippen LogP contribution >= 0.6 is 11.8 Å². The lowest BCUT2D eigenvalue weighted by Gasteiger charge is -2.34. The maximum atomic E-state index is 11.2.